The standard InChI is InChI=1S/C19H17Cl2N3O/c1-13-17(12-23-24(13)16-5-3-2-4-6-16)19(25)22-10-9-14-7-8-15(20)11-18(14)21/h2-8,11-12H,9-10H2,1H3,(H,22,25). The van der Waals surface area contributed by atoms with Gasteiger partial charge < -0.3 is 5.32 Å². The average molecular weight is 374 g/mol. The molecule has 0 unspecified atom stereocenters. The summed E-state index contributed by atoms with van der Waals surface area (Å²) in [7, 11) is 0. The minimum absolute atomic E-state index is 0.148. The van der Waals surface area contributed by atoms with Crippen molar-refractivity contribution in [2.24, 2.45) is 0 Å². The van der Waals surface area contributed by atoms with E-state index in [1.165, 1.54) is 0 Å². The van der Waals surface area contributed by atoms with E-state index in [1.54, 1.807) is 23.0 Å². The van der Waals surface area contributed by atoms with Crippen LogP contribution in [0, 0.1) is 6.92 Å². The number of benzene rings is 2. The number of hydrogen-bond donors (Lipinski definition) is 1. The topological polar surface area (TPSA) is 46.9 Å². The number of aromatic nitrogens is 2. The largest absolute Gasteiger partial charge is 0.352 e. The van der Waals surface area contributed by atoms with Crippen molar-refractivity contribution in [3.05, 3.63) is 81.6 Å². The van der Waals surface area contributed by atoms with Gasteiger partial charge in [-0.15, -0.1) is 0 Å². The summed E-state index contributed by atoms with van der Waals surface area (Å²) in [5.74, 6) is -0.148. The summed E-state index contributed by atoms with van der Waals surface area (Å²) in [6, 6.07) is 15.1. The number of halogens is 2. The fraction of sp³-hybridized carbons (Fsp3) is 0.158. The van der Waals surface area contributed by atoms with Gasteiger partial charge in [0.1, 0.15) is 0 Å². The van der Waals surface area contributed by atoms with E-state index in [2.05, 4.69) is 10.4 Å². The van der Waals surface area contributed by atoms with Gasteiger partial charge in [-0.25, -0.2) is 4.68 Å². The van der Waals surface area contributed by atoms with Crippen LogP contribution in [0.4, 0.5) is 0 Å². The third kappa shape index (κ3) is 4.03. The lowest BCUT2D eigenvalue weighted by atomic mass is 10.1. The molecule has 2 aromatic carbocycles. The average Bonchev–Trinajstić information content (AvgIpc) is 2.99. The minimum atomic E-state index is -0.148. The fourth-order valence-electron chi connectivity index (χ4n) is 2.59. The lowest BCUT2D eigenvalue weighted by Crippen LogP contribution is -2.26. The molecule has 0 spiro atoms. The molecular weight excluding hydrogens is 357 g/mol. The van der Waals surface area contributed by atoms with Crippen LogP contribution in [0.3, 0.4) is 0 Å². The molecule has 0 aliphatic rings. The zero-order valence-corrected chi connectivity index (χ0v) is 15.2. The summed E-state index contributed by atoms with van der Waals surface area (Å²) < 4.78 is 1.75. The molecule has 0 saturated carbocycles. The number of para-hydroxylation sites is 1. The van der Waals surface area contributed by atoms with Crippen LogP contribution in [0.1, 0.15) is 21.6 Å². The first-order chi connectivity index (χ1) is 12.1. The third-order valence-corrected chi connectivity index (χ3v) is 4.54. The molecule has 25 heavy (non-hydrogen) atoms. The van der Waals surface area contributed by atoms with E-state index in [9.17, 15) is 4.79 Å². The van der Waals surface area contributed by atoms with E-state index >= 15 is 0 Å². The number of nitrogens with zero attached hydrogens (tertiary/aromatic N) is 2. The maximum absolute atomic E-state index is 12.4. The number of amides is 1. The van der Waals surface area contributed by atoms with E-state index < -0.39 is 0 Å². The van der Waals surface area contributed by atoms with Crippen molar-refractivity contribution in [1.29, 1.82) is 0 Å². The van der Waals surface area contributed by atoms with Crippen molar-refractivity contribution in [3.63, 3.8) is 0 Å². The van der Waals surface area contributed by atoms with Crippen LogP contribution in [-0.2, 0) is 6.42 Å². The second-order valence-electron chi connectivity index (χ2n) is 5.63. The number of nitrogens with one attached hydrogen (secondary N) is 1. The Bertz CT molecular complexity index is 891. The monoisotopic (exact) mass is 373 g/mol. The maximum Gasteiger partial charge on any atom is 0.254 e. The summed E-state index contributed by atoms with van der Waals surface area (Å²) in [5.41, 5.74) is 3.23. The van der Waals surface area contributed by atoms with Gasteiger partial charge in [0.2, 0.25) is 0 Å². The zero-order chi connectivity index (χ0) is 17.8. The van der Waals surface area contributed by atoms with Crippen LogP contribution in [0.5, 0.6) is 0 Å². The summed E-state index contributed by atoms with van der Waals surface area (Å²) in [4.78, 5) is 12.4. The van der Waals surface area contributed by atoms with E-state index in [-0.39, 0.29) is 5.91 Å². The predicted octanol–water partition coefficient (Wildman–Crippen LogP) is 4.46. The molecule has 3 rings (SSSR count). The van der Waals surface area contributed by atoms with Crippen molar-refractivity contribution in [3.8, 4) is 5.69 Å². The molecule has 0 bridgehead atoms. The van der Waals surface area contributed by atoms with E-state index in [0.29, 0.717) is 28.6 Å². The van der Waals surface area contributed by atoms with Crippen molar-refractivity contribution >= 4 is 29.1 Å². The normalized spacial score (nSPS) is 10.7. The molecule has 0 radical (unpaired) electrons. The fourth-order valence-corrected chi connectivity index (χ4v) is 3.10. The Morgan fingerprint density at radius 3 is 2.64 bits per heavy atom. The van der Waals surface area contributed by atoms with Gasteiger partial charge in [-0.05, 0) is 43.2 Å². The summed E-state index contributed by atoms with van der Waals surface area (Å²) in [6.45, 7) is 2.36. The summed E-state index contributed by atoms with van der Waals surface area (Å²) in [6.07, 6.45) is 2.22. The molecule has 1 aromatic heterocycles. The Kier molecular flexibility index (Phi) is 5.41. The highest BCUT2D eigenvalue weighted by Crippen LogP contribution is 2.21. The van der Waals surface area contributed by atoms with Gasteiger partial charge in [-0.1, -0.05) is 47.5 Å². The smallest absolute Gasteiger partial charge is 0.254 e. The molecule has 0 aliphatic carbocycles. The van der Waals surface area contributed by atoms with E-state index in [4.69, 9.17) is 23.2 Å². The second kappa shape index (κ2) is 7.72. The van der Waals surface area contributed by atoms with Gasteiger partial charge in [0.15, 0.2) is 0 Å². The van der Waals surface area contributed by atoms with Gasteiger partial charge in [0.25, 0.3) is 5.91 Å². The van der Waals surface area contributed by atoms with Crippen LogP contribution in [-0.4, -0.2) is 22.2 Å². The van der Waals surface area contributed by atoms with Gasteiger partial charge in [0, 0.05) is 16.6 Å². The van der Waals surface area contributed by atoms with Crippen molar-refractivity contribution in [1.82, 2.24) is 15.1 Å². The van der Waals surface area contributed by atoms with Gasteiger partial charge >= 0.3 is 0 Å². The quantitative estimate of drug-likeness (QED) is 0.717. The number of hydrogen-bond acceptors (Lipinski definition) is 2. The molecule has 0 atom stereocenters. The molecule has 1 heterocycles. The molecular formula is C19H17Cl2N3O. The highest BCUT2D eigenvalue weighted by Gasteiger charge is 2.14. The van der Waals surface area contributed by atoms with E-state index in [1.807, 2.05) is 43.3 Å². The molecule has 6 heteroatoms. The Morgan fingerprint density at radius 1 is 1.16 bits per heavy atom. The Labute approximate surface area is 156 Å². The Hall–Kier alpha value is -2.30. The number of carbonyl (C=O) groups is 1. The van der Waals surface area contributed by atoms with Gasteiger partial charge in [0.05, 0.1) is 23.1 Å². The van der Waals surface area contributed by atoms with E-state index in [0.717, 1.165) is 16.9 Å². The van der Waals surface area contributed by atoms with Gasteiger partial charge in [-0.2, -0.15) is 5.10 Å². The maximum atomic E-state index is 12.4. The molecule has 3 aromatic rings. The molecule has 128 valence electrons. The molecule has 0 aliphatic heterocycles. The Balaban J connectivity index is 1.65. The Morgan fingerprint density at radius 2 is 1.92 bits per heavy atom. The highest BCUT2D eigenvalue weighted by molar-refractivity contribution is 6.35. The van der Waals surface area contributed by atoms with Crippen molar-refractivity contribution < 1.29 is 4.79 Å². The van der Waals surface area contributed by atoms with Crippen molar-refractivity contribution in [2.45, 2.75) is 13.3 Å². The third-order valence-electron chi connectivity index (χ3n) is 3.95. The first-order valence-corrected chi connectivity index (χ1v) is 8.64. The SMILES string of the molecule is Cc1c(C(=O)NCCc2ccc(Cl)cc2Cl)cnn1-c1ccccc1. The molecule has 1 N–H and O–H groups in total. The first kappa shape index (κ1) is 17.5. The zero-order valence-electron chi connectivity index (χ0n) is 13.7. The molecule has 1 amide bonds. The summed E-state index contributed by atoms with van der Waals surface area (Å²) in [5, 5.41) is 8.43. The predicted molar refractivity (Wildman–Crippen MR) is 101 cm³/mol. The van der Waals surface area contributed by atoms with Crippen LogP contribution < -0.4 is 5.32 Å². The summed E-state index contributed by atoms with van der Waals surface area (Å²) >= 11 is 12.0. The van der Waals surface area contributed by atoms with Crippen LogP contribution in [0.15, 0.2) is 54.7 Å². The van der Waals surface area contributed by atoms with Crippen molar-refractivity contribution in [2.75, 3.05) is 6.54 Å². The molecule has 4 nitrogen and oxygen atoms in total. The second-order valence-corrected chi connectivity index (χ2v) is 6.48. The van der Waals surface area contributed by atoms with Crippen LogP contribution in [0.25, 0.3) is 5.69 Å². The lowest BCUT2D eigenvalue weighted by molar-refractivity contribution is 0.0953. The minimum Gasteiger partial charge on any atom is -0.352 e. The number of carbonyl (C=O) groups excluding carboxylic acids is 1. The van der Waals surface area contributed by atoms with Crippen LogP contribution in [0.2, 0.25) is 10.0 Å². The number of rotatable bonds is 5. The molecule has 0 fully saturated rings. The lowest BCUT2D eigenvalue weighted by Gasteiger charge is -2.08. The highest BCUT2D eigenvalue weighted by atomic mass is 35.5. The molecule has 0 saturated heterocycles. The van der Waals surface area contributed by atoms with Gasteiger partial charge in [-0.3, -0.25) is 4.79 Å². The van der Waals surface area contributed by atoms with Crippen LogP contribution >= 0.6 is 23.2 Å². The first-order valence-electron chi connectivity index (χ1n) is 7.88.